The number of hydrogen-bond donors (Lipinski definition) is 1. The Morgan fingerprint density at radius 1 is 0.925 bits per heavy atom. The fourth-order valence-corrected chi connectivity index (χ4v) is 6.18. The molecule has 3 rings (SSSR count). The van der Waals surface area contributed by atoms with Crippen molar-refractivity contribution in [3.8, 4) is 0 Å². The summed E-state index contributed by atoms with van der Waals surface area (Å²) in [6.07, 6.45) is 1.07. The van der Waals surface area contributed by atoms with Crippen molar-refractivity contribution in [1.82, 2.24) is 10.2 Å². The van der Waals surface area contributed by atoms with Gasteiger partial charge in [0.2, 0.25) is 11.8 Å². The summed E-state index contributed by atoms with van der Waals surface area (Å²) < 4.78 is 28.7. The lowest BCUT2D eigenvalue weighted by Gasteiger charge is -2.34. The highest BCUT2D eigenvalue weighted by molar-refractivity contribution is 7.92. The number of nitrogens with one attached hydrogen (secondary N) is 1. The molecular formula is C30H35Cl2N3O4S. The molecule has 2 unspecified atom stereocenters. The Morgan fingerprint density at radius 2 is 1.57 bits per heavy atom. The van der Waals surface area contributed by atoms with E-state index in [1.807, 2.05) is 52.0 Å². The van der Waals surface area contributed by atoms with Crippen LogP contribution in [0.3, 0.4) is 0 Å². The van der Waals surface area contributed by atoms with E-state index in [4.69, 9.17) is 23.2 Å². The number of nitrogens with zero attached hydrogens (tertiary/aromatic N) is 2. The summed E-state index contributed by atoms with van der Waals surface area (Å²) in [5.41, 5.74) is 1.98. The van der Waals surface area contributed by atoms with Crippen molar-refractivity contribution in [1.29, 1.82) is 0 Å². The highest BCUT2D eigenvalue weighted by atomic mass is 35.5. The van der Waals surface area contributed by atoms with Crippen molar-refractivity contribution in [2.24, 2.45) is 0 Å². The molecule has 0 aromatic heterocycles. The molecular weight excluding hydrogens is 569 g/mol. The van der Waals surface area contributed by atoms with Crippen molar-refractivity contribution in [2.45, 2.75) is 64.1 Å². The van der Waals surface area contributed by atoms with Crippen LogP contribution >= 0.6 is 23.2 Å². The van der Waals surface area contributed by atoms with Gasteiger partial charge in [-0.05, 0) is 62.6 Å². The van der Waals surface area contributed by atoms with Gasteiger partial charge in [0, 0.05) is 17.6 Å². The number of anilines is 1. The van der Waals surface area contributed by atoms with E-state index in [0.717, 1.165) is 21.9 Å². The summed E-state index contributed by atoms with van der Waals surface area (Å²) in [6.45, 7) is 7.20. The Labute approximate surface area is 247 Å². The number of carbonyl (C=O) groups is 2. The van der Waals surface area contributed by atoms with E-state index in [-0.39, 0.29) is 34.1 Å². The molecule has 0 bridgehead atoms. The molecule has 7 nitrogen and oxygen atoms in total. The molecule has 0 saturated heterocycles. The van der Waals surface area contributed by atoms with Gasteiger partial charge in [-0.1, -0.05) is 85.1 Å². The smallest absolute Gasteiger partial charge is 0.264 e. The lowest BCUT2D eigenvalue weighted by atomic mass is 10.1. The van der Waals surface area contributed by atoms with E-state index in [1.54, 1.807) is 18.2 Å². The SMILES string of the molecule is CCC(C)NC(=O)C(CC)N(Cc1ccc(C)cc1)C(=O)CN(c1ccc(Cl)cc1Cl)S(=O)(=O)c1ccccc1. The first-order valence-corrected chi connectivity index (χ1v) is 15.4. The lowest BCUT2D eigenvalue weighted by Crippen LogP contribution is -2.53. The summed E-state index contributed by atoms with van der Waals surface area (Å²) in [5, 5.41) is 3.37. The number of sulfonamides is 1. The zero-order valence-corrected chi connectivity index (χ0v) is 25.4. The van der Waals surface area contributed by atoms with Crippen LogP contribution in [0.1, 0.15) is 44.7 Å². The van der Waals surface area contributed by atoms with Crippen molar-refractivity contribution in [2.75, 3.05) is 10.8 Å². The maximum absolute atomic E-state index is 14.1. The van der Waals surface area contributed by atoms with Gasteiger partial charge in [0.05, 0.1) is 15.6 Å². The Hall–Kier alpha value is -3.07. The number of benzene rings is 3. The van der Waals surface area contributed by atoms with Gasteiger partial charge in [0.1, 0.15) is 12.6 Å². The van der Waals surface area contributed by atoms with Crippen molar-refractivity contribution < 1.29 is 18.0 Å². The minimum absolute atomic E-state index is 0.000423. The zero-order chi connectivity index (χ0) is 29.4. The molecule has 2 amide bonds. The molecule has 0 aliphatic carbocycles. The third-order valence-corrected chi connectivity index (χ3v) is 8.96. The van der Waals surface area contributed by atoms with Gasteiger partial charge < -0.3 is 10.2 Å². The summed E-state index contributed by atoms with van der Waals surface area (Å²) in [4.78, 5) is 28.9. The summed E-state index contributed by atoms with van der Waals surface area (Å²) in [5.74, 6) is -0.837. The normalized spacial score (nSPS) is 12.8. The zero-order valence-electron chi connectivity index (χ0n) is 23.1. The number of halogens is 2. The van der Waals surface area contributed by atoms with Crippen LogP contribution in [0, 0.1) is 6.92 Å². The van der Waals surface area contributed by atoms with Crippen molar-refractivity contribution in [3.05, 3.63) is 94.0 Å². The Balaban J connectivity index is 2.07. The molecule has 0 saturated carbocycles. The predicted molar refractivity (Wildman–Crippen MR) is 161 cm³/mol. The summed E-state index contributed by atoms with van der Waals surface area (Å²) in [7, 11) is -4.21. The van der Waals surface area contributed by atoms with Gasteiger partial charge >= 0.3 is 0 Å². The van der Waals surface area contributed by atoms with Gasteiger partial charge in [-0.2, -0.15) is 0 Å². The Bertz CT molecular complexity index is 1420. The van der Waals surface area contributed by atoms with Crippen LogP contribution < -0.4 is 9.62 Å². The van der Waals surface area contributed by atoms with Crippen LogP contribution in [0.2, 0.25) is 10.0 Å². The first-order valence-electron chi connectivity index (χ1n) is 13.2. The largest absolute Gasteiger partial charge is 0.352 e. The minimum Gasteiger partial charge on any atom is -0.352 e. The van der Waals surface area contributed by atoms with Gasteiger partial charge in [-0.3, -0.25) is 13.9 Å². The third kappa shape index (κ3) is 7.77. The second-order valence-corrected chi connectivity index (χ2v) is 12.4. The fourth-order valence-electron chi connectivity index (χ4n) is 4.17. The van der Waals surface area contributed by atoms with E-state index in [9.17, 15) is 18.0 Å². The molecule has 0 spiro atoms. The van der Waals surface area contributed by atoms with E-state index in [0.29, 0.717) is 11.4 Å². The number of hydrogen-bond acceptors (Lipinski definition) is 4. The van der Waals surface area contributed by atoms with E-state index >= 15 is 0 Å². The average molecular weight is 605 g/mol. The van der Waals surface area contributed by atoms with E-state index in [1.165, 1.54) is 35.2 Å². The van der Waals surface area contributed by atoms with Crippen LogP contribution in [0.15, 0.2) is 77.7 Å². The van der Waals surface area contributed by atoms with Crippen LogP contribution in [0.5, 0.6) is 0 Å². The second kappa shape index (κ2) is 14.0. The van der Waals surface area contributed by atoms with Crippen LogP contribution in [0.25, 0.3) is 0 Å². The Kier molecular flexibility index (Phi) is 11.0. The topological polar surface area (TPSA) is 86.8 Å². The quantitative estimate of drug-likeness (QED) is 0.266. The van der Waals surface area contributed by atoms with Gasteiger partial charge in [0.25, 0.3) is 10.0 Å². The molecule has 2 atom stereocenters. The molecule has 10 heteroatoms. The van der Waals surface area contributed by atoms with Gasteiger partial charge in [0.15, 0.2) is 0 Å². The Morgan fingerprint density at radius 3 is 2.15 bits per heavy atom. The second-order valence-electron chi connectivity index (χ2n) is 9.67. The highest BCUT2D eigenvalue weighted by Crippen LogP contribution is 2.33. The monoisotopic (exact) mass is 603 g/mol. The van der Waals surface area contributed by atoms with Crippen LogP contribution in [-0.2, 0) is 26.2 Å². The molecule has 0 fully saturated rings. The average Bonchev–Trinajstić information content (AvgIpc) is 2.93. The molecule has 40 heavy (non-hydrogen) atoms. The third-order valence-electron chi connectivity index (χ3n) is 6.65. The standard InChI is InChI=1S/C30H35Cl2N3O4S/c1-5-22(4)33-30(37)27(6-2)34(19-23-14-12-21(3)13-15-23)29(36)20-35(28-17-16-24(31)18-26(28)32)40(38,39)25-10-8-7-9-11-25/h7-18,22,27H,5-6,19-20H2,1-4H3,(H,33,37). The van der Waals surface area contributed by atoms with Crippen molar-refractivity contribution in [3.63, 3.8) is 0 Å². The first kappa shape index (κ1) is 31.5. The molecule has 0 aliphatic rings. The molecule has 0 heterocycles. The maximum Gasteiger partial charge on any atom is 0.264 e. The van der Waals surface area contributed by atoms with E-state index < -0.39 is 28.5 Å². The summed E-state index contributed by atoms with van der Waals surface area (Å²) in [6, 6.07) is 19.0. The van der Waals surface area contributed by atoms with E-state index in [2.05, 4.69) is 5.32 Å². The number of rotatable bonds is 12. The van der Waals surface area contributed by atoms with Gasteiger partial charge in [-0.15, -0.1) is 0 Å². The fraction of sp³-hybridized carbons (Fsp3) is 0.333. The highest BCUT2D eigenvalue weighted by Gasteiger charge is 2.34. The number of carbonyl (C=O) groups excluding carboxylic acids is 2. The number of aryl methyl sites for hydroxylation is 1. The minimum atomic E-state index is -4.21. The number of amides is 2. The first-order chi connectivity index (χ1) is 19.0. The molecule has 0 aliphatic heterocycles. The maximum atomic E-state index is 14.1. The van der Waals surface area contributed by atoms with Crippen LogP contribution in [0.4, 0.5) is 5.69 Å². The molecule has 3 aromatic carbocycles. The molecule has 3 aromatic rings. The molecule has 214 valence electrons. The molecule has 1 N–H and O–H groups in total. The predicted octanol–water partition coefficient (Wildman–Crippen LogP) is 6.22. The van der Waals surface area contributed by atoms with Crippen molar-refractivity contribution >= 4 is 50.7 Å². The summed E-state index contributed by atoms with van der Waals surface area (Å²) >= 11 is 12.5. The molecule has 0 radical (unpaired) electrons. The van der Waals surface area contributed by atoms with Crippen LogP contribution in [-0.4, -0.2) is 43.8 Å². The van der Waals surface area contributed by atoms with Gasteiger partial charge in [-0.25, -0.2) is 8.42 Å². The lowest BCUT2D eigenvalue weighted by molar-refractivity contribution is -0.140.